The first-order valence-corrected chi connectivity index (χ1v) is 2.71. The number of benzene rings is 1. The Bertz CT molecular complexity index is 218. The highest BCUT2D eigenvalue weighted by Gasteiger charge is 1.97. The number of hydrogen-bond donors (Lipinski definition) is 1. The van der Waals surface area contributed by atoms with Crippen molar-refractivity contribution in [1.82, 2.24) is 0 Å². The number of aryl methyl sites for hydroxylation is 1. The summed E-state index contributed by atoms with van der Waals surface area (Å²) in [6.45, 7) is 1.80. The van der Waals surface area contributed by atoms with Crippen LogP contribution in [-0.4, -0.2) is 10.2 Å². The van der Waals surface area contributed by atoms with Crippen molar-refractivity contribution in [3.05, 3.63) is 23.8 Å². The second-order valence-electron chi connectivity index (χ2n) is 2.00. The van der Waals surface area contributed by atoms with E-state index in [2.05, 4.69) is 0 Å². The predicted octanol–water partition coefficient (Wildman–Crippen LogP) is 1.14. The average Bonchev–Trinajstić information content (AvgIpc) is 1.80. The highest BCUT2D eigenvalue weighted by molar-refractivity contribution is 5.37. The van der Waals surface area contributed by atoms with E-state index in [1.807, 2.05) is 0 Å². The van der Waals surface area contributed by atoms with Gasteiger partial charge in [0.25, 0.3) is 5.75 Å². The molecule has 0 aliphatic rings. The fourth-order valence-corrected chi connectivity index (χ4v) is 0.609. The van der Waals surface area contributed by atoms with Gasteiger partial charge in [0.1, 0.15) is 5.75 Å². The van der Waals surface area contributed by atoms with Gasteiger partial charge >= 0.3 is 0 Å². The summed E-state index contributed by atoms with van der Waals surface area (Å²) in [6, 6.07) is 4.79. The molecule has 0 aromatic heterocycles. The molecule has 1 aromatic rings. The molecule has 1 rings (SSSR count). The SMILES string of the molecule is Cc1ccc([OH2+])cc1O. The normalized spacial score (nSPS) is 9.44. The molecule has 0 saturated heterocycles. The van der Waals surface area contributed by atoms with Crippen LogP contribution < -0.4 is 0 Å². The van der Waals surface area contributed by atoms with Crippen molar-refractivity contribution < 1.29 is 10.2 Å². The molecule has 0 radical (unpaired) electrons. The van der Waals surface area contributed by atoms with Gasteiger partial charge in [-0.3, -0.25) is 0 Å². The number of phenols is 1. The van der Waals surface area contributed by atoms with Gasteiger partial charge < -0.3 is 10.2 Å². The zero-order valence-corrected chi connectivity index (χ0v) is 5.18. The molecule has 0 aliphatic carbocycles. The number of hydrogen-bond acceptors (Lipinski definition) is 1. The Balaban J connectivity index is 3.17. The van der Waals surface area contributed by atoms with E-state index in [-0.39, 0.29) is 5.75 Å². The number of phenolic OH excluding ortho intramolecular Hbond substituents is 1. The van der Waals surface area contributed by atoms with Crippen LogP contribution in [0.25, 0.3) is 0 Å². The van der Waals surface area contributed by atoms with Crippen LogP contribution in [0.3, 0.4) is 0 Å². The van der Waals surface area contributed by atoms with Gasteiger partial charge in [-0.1, -0.05) is 0 Å². The van der Waals surface area contributed by atoms with Crippen molar-refractivity contribution in [3.8, 4) is 11.5 Å². The minimum absolute atomic E-state index is 0.197. The van der Waals surface area contributed by atoms with Crippen molar-refractivity contribution in [1.29, 1.82) is 0 Å². The van der Waals surface area contributed by atoms with Crippen LogP contribution >= 0.6 is 0 Å². The van der Waals surface area contributed by atoms with Crippen LogP contribution in [0.1, 0.15) is 5.56 Å². The lowest BCUT2D eigenvalue weighted by molar-refractivity contribution is 0.448. The van der Waals surface area contributed by atoms with Gasteiger partial charge in [-0.25, -0.2) is 0 Å². The van der Waals surface area contributed by atoms with Crippen molar-refractivity contribution in [2.75, 3.05) is 0 Å². The summed E-state index contributed by atoms with van der Waals surface area (Å²) in [5.41, 5.74) is 0.811. The lowest BCUT2D eigenvalue weighted by atomic mass is 10.2. The van der Waals surface area contributed by atoms with E-state index >= 15 is 0 Å². The summed E-state index contributed by atoms with van der Waals surface area (Å²) >= 11 is 0. The third kappa shape index (κ3) is 1.13. The fraction of sp³-hybridized carbons (Fsp3) is 0.143. The lowest BCUT2D eigenvalue weighted by Gasteiger charge is -1.93. The molecule has 2 heteroatoms. The van der Waals surface area contributed by atoms with E-state index < -0.39 is 0 Å². The molecule has 0 spiro atoms. The van der Waals surface area contributed by atoms with E-state index in [1.54, 1.807) is 19.1 Å². The third-order valence-corrected chi connectivity index (χ3v) is 1.21. The summed E-state index contributed by atoms with van der Waals surface area (Å²) in [5.74, 6) is 0.542. The van der Waals surface area contributed by atoms with Gasteiger partial charge in [-0.15, -0.1) is 0 Å². The van der Waals surface area contributed by atoms with Gasteiger partial charge in [-0.2, -0.15) is 0 Å². The van der Waals surface area contributed by atoms with Crippen molar-refractivity contribution in [2.45, 2.75) is 6.92 Å². The highest BCUT2D eigenvalue weighted by atomic mass is 16.3. The molecule has 0 fully saturated rings. The number of aromatic hydroxyl groups is 1. The molecule has 3 N–H and O–H groups in total. The van der Waals surface area contributed by atoms with E-state index in [0.29, 0.717) is 5.75 Å². The second kappa shape index (κ2) is 1.97. The van der Waals surface area contributed by atoms with Gasteiger partial charge in [0.15, 0.2) is 0 Å². The Labute approximate surface area is 53.4 Å². The minimum Gasteiger partial charge on any atom is -0.593 e. The first-order valence-electron chi connectivity index (χ1n) is 2.71. The molecule has 0 aliphatic heterocycles. The van der Waals surface area contributed by atoms with Crippen LogP contribution in [0.5, 0.6) is 11.5 Å². The average molecular weight is 125 g/mol. The summed E-state index contributed by atoms with van der Waals surface area (Å²) in [4.78, 5) is 0. The topological polar surface area (TPSA) is 43.1 Å². The molecule has 0 saturated carbocycles. The Morgan fingerprint density at radius 1 is 1.44 bits per heavy atom. The van der Waals surface area contributed by atoms with E-state index in [0.717, 1.165) is 5.56 Å². The highest BCUT2D eigenvalue weighted by Crippen LogP contribution is 2.20. The molecule has 0 heterocycles. The molecule has 1 aromatic carbocycles. The van der Waals surface area contributed by atoms with Crippen LogP contribution in [0.2, 0.25) is 0 Å². The molecule has 0 amide bonds. The second-order valence-corrected chi connectivity index (χ2v) is 2.00. The molecule has 0 atom stereocenters. The Morgan fingerprint density at radius 2 is 2.11 bits per heavy atom. The maximum atomic E-state index is 8.98. The van der Waals surface area contributed by atoms with Gasteiger partial charge in [-0.05, 0) is 18.6 Å². The maximum Gasteiger partial charge on any atom is 0.257 e. The van der Waals surface area contributed by atoms with Crippen molar-refractivity contribution in [3.63, 3.8) is 0 Å². The zero-order valence-electron chi connectivity index (χ0n) is 5.18. The molecular weight excluding hydrogens is 116 g/mol. The van der Waals surface area contributed by atoms with E-state index in [9.17, 15) is 0 Å². The molecule has 48 valence electrons. The van der Waals surface area contributed by atoms with Crippen molar-refractivity contribution >= 4 is 0 Å². The molecule has 0 bridgehead atoms. The molecular formula is C7H9O2+. The number of rotatable bonds is 0. The fourth-order valence-electron chi connectivity index (χ4n) is 0.609. The van der Waals surface area contributed by atoms with Gasteiger partial charge in [0.05, 0.1) is 6.07 Å². The lowest BCUT2D eigenvalue weighted by Crippen LogP contribution is -1.71. The zero-order chi connectivity index (χ0) is 6.85. The molecule has 2 nitrogen and oxygen atoms in total. The van der Waals surface area contributed by atoms with Crippen LogP contribution in [0.15, 0.2) is 18.2 Å². The third-order valence-electron chi connectivity index (χ3n) is 1.21. The summed E-state index contributed by atoms with van der Waals surface area (Å²) in [6.07, 6.45) is 0. The first-order chi connectivity index (χ1) is 4.20. The standard InChI is InChI=1S/C7H8O2/c1-5-2-3-6(8)4-7(5)9/h2-4,8-9H,1H3/p+1. The van der Waals surface area contributed by atoms with Crippen LogP contribution in [0.4, 0.5) is 0 Å². The first kappa shape index (κ1) is 5.95. The molecule has 9 heavy (non-hydrogen) atoms. The Morgan fingerprint density at radius 3 is 2.56 bits per heavy atom. The monoisotopic (exact) mass is 125 g/mol. The van der Waals surface area contributed by atoms with E-state index in [4.69, 9.17) is 10.2 Å². The van der Waals surface area contributed by atoms with Gasteiger partial charge in [0.2, 0.25) is 0 Å². The molecule has 0 unspecified atom stereocenters. The Kier molecular flexibility index (Phi) is 1.30. The van der Waals surface area contributed by atoms with Gasteiger partial charge in [0, 0.05) is 6.07 Å². The quantitative estimate of drug-likeness (QED) is 0.519. The summed E-state index contributed by atoms with van der Waals surface area (Å²) < 4.78 is 0. The Hall–Kier alpha value is -1.18. The van der Waals surface area contributed by atoms with Crippen LogP contribution in [-0.2, 0) is 0 Å². The predicted molar refractivity (Wildman–Crippen MR) is 35.9 cm³/mol. The van der Waals surface area contributed by atoms with E-state index in [1.165, 1.54) is 6.07 Å². The maximum absolute atomic E-state index is 8.98. The minimum atomic E-state index is 0.197. The largest absolute Gasteiger partial charge is 0.593 e. The smallest absolute Gasteiger partial charge is 0.257 e. The summed E-state index contributed by atoms with van der Waals surface area (Å²) in [7, 11) is 0. The summed E-state index contributed by atoms with van der Waals surface area (Å²) in [5, 5.41) is 16.1. The van der Waals surface area contributed by atoms with Crippen LogP contribution in [0, 0.1) is 6.92 Å². The van der Waals surface area contributed by atoms with Crippen molar-refractivity contribution in [2.24, 2.45) is 0 Å².